The first kappa shape index (κ1) is 19.4. The van der Waals surface area contributed by atoms with E-state index in [0.717, 1.165) is 32.6 Å². The minimum Gasteiger partial charge on any atom is -0.381 e. The second kappa shape index (κ2) is 9.56. The van der Waals surface area contributed by atoms with Crippen molar-refractivity contribution in [3.8, 4) is 11.5 Å². The molecule has 2 aromatic rings. The standard InChI is InChI=1S/C19H29FN6O2/c20-8-9-26-18(14-28-16-6-10-27-11-7-16)21-19(23-26)17-13-25(24-22-17)12-15-4-2-1-3-5-15/h13,15-16H,1-12,14H2. The van der Waals surface area contributed by atoms with Gasteiger partial charge in [-0.3, -0.25) is 4.68 Å². The van der Waals surface area contributed by atoms with Crippen molar-refractivity contribution in [2.45, 2.75) is 70.7 Å². The Labute approximate surface area is 164 Å². The highest BCUT2D eigenvalue weighted by molar-refractivity contribution is 5.45. The summed E-state index contributed by atoms with van der Waals surface area (Å²) in [7, 11) is 0. The van der Waals surface area contributed by atoms with Gasteiger partial charge in [0, 0.05) is 19.8 Å². The number of rotatable bonds is 8. The summed E-state index contributed by atoms with van der Waals surface area (Å²) in [6.45, 7) is 2.30. The Morgan fingerprint density at radius 3 is 2.75 bits per heavy atom. The van der Waals surface area contributed by atoms with Gasteiger partial charge >= 0.3 is 0 Å². The van der Waals surface area contributed by atoms with Crippen molar-refractivity contribution in [2.75, 3.05) is 19.9 Å². The molecule has 28 heavy (non-hydrogen) atoms. The van der Waals surface area contributed by atoms with E-state index < -0.39 is 6.67 Å². The molecule has 1 saturated heterocycles. The number of aromatic nitrogens is 6. The molecule has 2 aliphatic rings. The summed E-state index contributed by atoms with van der Waals surface area (Å²) in [5.41, 5.74) is 0.626. The molecule has 0 N–H and O–H groups in total. The van der Waals surface area contributed by atoms with Crippen molar-refractivity contribution < 1.29 is 13.9 Å². The lowest BCUT2D eigenvalue weighted by Gasteiger charge is -2.22. The van der Waals surface area contributed by atoms with E-state index >= 15 is 0 Å². The van der Waals surface area contributed by atoms with E-state index in [2.05, 4.69) is 20.4 Å². The number of ether oxygens (including phenoxy) is 2. The maximum Gasteiger partial charge on any atom is 0.203 e. The summed E-state index contributed by atoms with van der Waals surface area (Å²) in [5, 5.41) is 12.9. The number of nitrogens with zero attached hydrogens (tertiary/aromatic N) is 6. The zero-order valence-corrected chi connectivity index (χ0v) is 16.3. The van der Waals surface area contributed by atoms with Crippen molar-refractivity contribution in [3.05, 3.63) is 12.0 Å². The molecule has 0 unspecified atom stereocenters. The lowest BCUT2D eigenvalue weighted by atomic mass is 9.89. The fourth-order valence-corrected chi connectivity index (χ4v) is 4.01. The smallest absolute Gasteiger partial charge is 0.203 e. The van der Waals surface area contributed by atoms with Crippen LogP contribution in [0.2, 0.25) is 0 Å². The number of aryl methyl sites for hydroxylation is 1. The highest BCUT2D eigenvalue weighted by Crippen LogP contribution is 2.25. The molecular weight excluding hydrogens is 363 g/mol. The molecule has 4 rings (SSSR count). The van der Waals surface area contributed by atoms with Crippen LogP contribution in [0.4, 0.5) is 4.39 Å². The van der Waals surface area contributed by atoms with Crippen LogP contribution < -0.4 is 0 Å². The second-order valence-corrected chi connectivity index (χ2v) is 7.72. The fourth-order valence-electron chi connectivity index (χ4n) is 4.01. The zero-order valence-electron chi connectivity index (χ0n) is 16.3. The third kappa shape index (κ3) is 4.94. The Bertz CT molecular complexity index is 737. The predicted molar refractivity (Wildman–Crippen MR) is 100 cm³/mol. The van der Waals surface area contributed by atoms with Crippen molar-refractivity contribution in [1.29, 1.82) is 0 Å². The molecule has 3 heterocycles. The van der Waals surface area contributed by atoms with Gasteiger partial charge in [-0.2, -0.15) is 0 Å². The quantitative estimate of drug-likeness (QED) is 0.687. The minimum atomic E-state index is -0.499. The van der Waals surface area contributed by atoms with Gasteiger partial charge in [0.25, 0.3) is 0 Å². The van der Waals surface area contributed by atoms with Gasteiger partial charge in [-0.25, -0.2) is 14.1 Å². The van der Waals surface area contributed by atoms with E-state index in [0.29, 0.717) is 29.9 Å². The average Bonchev–Trinajstić information content (AvgIpc) is 3.35. The third-order valence-electron chi connectivity index (χ3n) is 5.60. The van der Waals surface area contributed by atoms with E-state index in [-0.39, 0.29) is 12.6 Å². The van der Waals surface area contributed by atoms with E-state index in [4.69, 9.17) is 9.47 Å². The summed E-state index contributed by atoms with van der Waals surface area (Å²) in [5.74, 6) is 1.78. The molecule has 2 aromatic heterocycles. The van der Waals surface area contributed by atoms with Crippen LogP contribution in [0.1, 0.15) is 50.8 Å². The first-order valence-corrected chi connectivity index (χ1v) is 10.4. The topological polar surface area (TPSA) is 79.9 Å². The van der Waals surface area contributed by atoms with Crippen molar-refractivity contribution in [3.63, 3.8) is 0 Å². The summed E-state index contributed by atoms with van der Waals surface area (Å²) in [6.07, 6.45) is 10.3. The molecule has 2 fully saturated rings. The molecule has 154 valence electrons. The average molecular weight is 392 g/mol. The minimum absolute atomic E-state index is 0.157. The molecule has 0 bridgehead atoms. The third-order valence-corrected chi connectivity index (χ3v) is 5.60. The Morgan fingerprint density at radius 1 is 1.14 bits per heavy atom. The van der Waals surface area contributed by atoms with Gasteiger partial charge < -0.3 is 9.47 Å². The number of hydrogen-bond acceptors (Lipinski definition) is 6. The second-order valence-electron chi connectivity index (χ2n) is 7.72. The fraction of sp³-hybridized carbons (Fsp3) is 0.789. The van der Waals surface area contributed by atoms with E-state index in [1.54, 1.807) is 4.68 Å². The van der Waals surface area contributed by atoms with Crippen LogP contribution in [0, 0.1) is 5.92 Å². The molecule has 0 radical (unpaired) electrons. The van der Waals surface area contributed by atoms with Crippen molar-refractivity contribution in [1.82, 2.24) is 29.8 Å². The molecule has 0 aromatic carbocycles. The highest BCUT2D eigenvalue weighted by atomic mass is 19.1. The Morgan fingerprint density at radius 2 is 1.96 bits per heavy atom. The molecule has 9 heteroatoms. The van der Waals surface area contributed by atoms with Gasteiger partial charge in [0.05, 0.1) is 18.8 Å². The summed E-state index contributed by atoms with van der Waals surface area (Å²) in [6, 6.07) is 0. The van der Waals surface area contributed by atoms with Crippen LogP contribution in [0.25, 0.3) is 11.5 Å². The summed E-state index contributed by atoms with van der Waals surface area (Å²) < 4.78 is 27.7. The van der Waals surface area contributed by atoms with Gasteiger partial charge in [0.2, 0.25) is 5.82 Å². The molecule has 1 saturated carbocycles. The maximum atomic E-state index is 13.0. The lowest BCUT2D eigenvalue weighted by molar-refractivity contribution is -0.0418. The molecule has 0 amide bonds. The predicted octanol–water partition coefficient (Wildman–Crippen LogP) is 2.78. The Kier molecular flexibility index (Phi) is 6.64. The first-order chi connectivity index (χ1) is 13.8. The Balaban J connectivity index is 1.42. The van der Waals surface area contributed by atoms with Crippen LogP contribution >= 0.6 is 0 Å². The molecular formula is C19H29FN6O2. The lowest BCUT2D eigenvalue weighted by Crippen LogP contribution is -2.24. The molecule has 0 atom stereocenters. The number of alkyl halides is 1. The van der Waals surface area contributed by atoms with Crippen molar-refractivity contribution in [2.24, 2.45) is 5.92 Å². The molecule has 1 aliphatic carbocycles. The monoisotopic (exact) mass is 392 g/mol. The molecule has 0 spiro atoms. The normalized spacial score (nSPS) is 19.3. The van der Waals surface area contributed by atoms with Crippen LogP contribution in [0.3, 0.4) is 0 Å². The van der Waals surface area contributed by atoms with Crippen LogP contribution in [0.5, 0.6) is 0 Å². The van der Waals surface area contributed by atoms with E-state index in [1.165, 1.54) is 32.1 Å². The maximum absolute atomic E-state index is 13.0. The highest BCUT2D eigenvalue weighted by Gasteiger charge is 2.19. The van der Waals surface area contributed by atoms with Gasteiger partial charge in [-0.15, -0.1) is 10.2 Å². The SMILES string of the molecule is FCCn1nc(-c2cn(CC3CCCCC3)nn2)nc1COC1CCOCC1. The zero-order chi connectivity index (χ0) is 19.2. The molecule has 8 nitrogen and oxygen atoms in total. The Hall–Kier alpha value is -1.87. The van der Waals surface area contributed by atoms with Crippen LogP contribution in [-0.2, 0) is 29.2 Å². The van der Waals surface area contributed by atoms with Crippen molar-refractivity contribution >= 4 is 0 Å². The largest absolute Gasteiger partial charge is 0.381 e. The van der Waals surface area contributed by atoms with Gasteiger partial charge in [-0.05, 0) is 31.6 Å². The van der Waals surface area contributed by atoms with Gasteiger partial charge in [-0.1, -0.05) is 24.5 Å². The summed E-state index contributed by atoms with van der Waals surface area (Å²) >= 11 is 0. The number of hydrogen-bond donors (Lipinski definition) is 0. The van der Waals surface area contributed by atoms with Crippen LogP contribution in [0.15, 0.2) is 6.20 Å². The number of halogens is 1. The summed E-state index contributed by atoms with van der Waals surface area (Å²) in [4.78, 5) is 4.56. The van der Waals surface area contributed by atoms with E-state index in [1.807, 2.05) is 10.9 Å². The van der Waals surface area contributed by atoms with Crippen LogP contribution in [-0.4, -0.2) is 55.8 Å². The van der Waals surface area contributed by atoms with E-state index in [9.17, 15) is 4.39 Å². The first-order valence-electron chi connectivity index (χ1n) is 10.4. The van der Waals surface area contributed by atoms with Gasteiger partial charge in [0.15, 0.2) is 11.5 Å². The van der Waals surface area contributed by atoms with Gasteiger partial charge in [0.1, 0.15) is 13.3 Å². The molecule has 1 aliphatic heterocycles.